The largest absolute Gasteiger partial charge is 0.299 e. The summed E-state index contributed by atoms with van der Waals surface area (Å²) in [5.74, 6) is -1.69. The van der Waals surface area contributed by atoms with E-state index in [4.69, 9.17) is 0 Å². The summed E-state index contributed by atoms with van der Waals surface area (Å²) in [5.41, 5.74) is 1.51. The first-order valence-corrected chi connectivity index (χ1v) is 7.22. The van der Waals surface area contributed by atoms with Crippen LogP contribution in [0, 0.1) is 16.0 Å². The third-order valence-corrected chi connectivity index (χ3v) is 3.83. The van der Waals surface area contributed by atoms with Crippen molar-refractivity contribution < 1.29 is 14.5 Å². The van der Waals surface area contributed by atoms with E-state index in [1.165, 1.54) is 26.0 Å². The van der Waals surface area contributed by atoms with Crippen LogP contribution in [0.25, 0.3) is 0 Å². The molecule has 0 spiro atoms. The van der Waals surface area contributed by atoms with E-state index in [9.17, 15) is 19.7 Å². The zero-order chi connectivity index (χ0) is 17.0. The van der Waals surface area contributed by atoms with Gasteiger partial charge in [-0.15, -0.1) is 0 Å². The number of carbonyl (C=O) groups is 2. The molecule has 2 aromatic carbocycles. The molecule has 0 saturated heterocycles. The Morgan fingerprint density at radius 2 is 1.35 bits per heavy atom. The number of Topliss-reactive ketones (excluding diaryl/α,β-unsaturated/α-hetero) is 2. The van der Waals surface area contributed by atoms with Gasteiger partial charge in [-0.25, -0.2) is 0 Å². The Kier molecular flexibility index (Phi) is 5.01. The minimum atomic E-state index is -0.807. The van der Waals surface area contributed by atoms with E-state index in [0.717, 1.165) is 5.56 Å². The van der Waals surface area contributed by atoms with Crippen molar-refractivity contribution in [2.75, 3.05) is 0 Å². The summed E-state index contributed by atoms with van der Waals surface area (Å²) in [5, 5.41) is 10.8. The summed E-state index contributed by atoms with van der Waals surface area (Å²) in [7, 11) is 0. The van der Waals surface area contributed by atoms with E-state index in [-0.39, 0.29) is 17.3 Å². The summed E-state index contributed by atoms with van der Waals surface area (Å²) in [6, 6.07) is 15.2. The van der Waals surface area contributed by atoms with Gasteiger partial charge in [0.2, 0.25) is 0 Å². The lowest BCUT2D eigenvalue weighted by Crippen LogP contribution is -2.27. The summed E-state index contributed by atoms with van der Waals surface area (Å²) in [4.78, 5) is 34.4. The molecule has 0 fully saturated rings. The van der Waals surface area contributed by atoms with Crippen LogP contribution in [0.2, 0.25) is 0 Å². The second-order valence-corrected chi connectivity index (χ2v) is 5.44. The van der Waals surface area contributed by atoms with Gasteiger partial charge >= 0.3 is 0 Å². The highest BCUT2D eigenvalue weighted by Crippen LogP contribution is 2.34. The van der Waals surface area contributed by atoms with Crippen molar-refractivity contribution in [2.24, 2.45) is 5.92 Å². The number of benzene rings is 2. The smallest absolute Gasteiger partial charge is 0.269 e. The van der Waals surface area contributed by atoms with E-state index in [1.807, 2.05) is 30.3 Å². The maximum Gasteiger partial charge on any atom is 0.269 e. The van der Waals surface area contributed by atoms with Gasteiger partial charge < -0.3 is 0 Å². The fourth-order valence-corrected chi connectivity index (χ4v) is 2.80. The molecule has 2 rings (SSSR count). The molecule has 2 aromatic rings. The first-order valence-electron chi connectivity index (χ1n) is 7.22. The highest BCUT2D eigenvalue weighted by atomic mass is 16.6. The summed E-state index contributed by atoms with van der Waals surface area (Å²) < 4.78 is 0. The van der Waals surface area contributed by atoms with Crippen LogP contribution in [0.4, 0.5) is 5.69 Å². The molecule has 0 amide bonds. The van der Waals surface area contributed by atoms with Crippen LogP contribution in [0.1, 0.15) is 30.9 Å². The van der Waals surface area contributed by atoms with E-state index < -0.39 is 16.8 Å². The molecule has 0 aliphatic rings. The Bertz CT molecular complexity index is 708. The van der Waals surface area contributed by atoms with Crippen LogP contribution in [0.3, 0.4) is 0 Å². The van der Waals surface area contributed by atoms with E-state index in [0.29, 0.717) is 5.56 Å². The minimum Gasteiger partial charge on any atom is -0.299 e. The quantitative estimate of drug-likeness (QED) is 0.464. The fraction of sp³-hybridized carbons (Fsp3) is 0.222. The summed E-state index contributed by atoms with van der Waals surface area (Å²) >= 11 is 0. The molecule has 1 unspecified atom stereocenters. The number of rotatable bonds is 6. The van der Waals surface area contributed by atoms with Crippen molar-refractivity contribution in [3.63, 3.8) is 0 Å². The van der Waals surface area contributed by atoms with Gasteiger partial charge in [-0.1, -0.05) is 42.5 Å². The van der Waals surface area contributed by atoms with Gasteiger partial charge in [0.1, 0.15) is 11.6 Å². The molecule has 0 aromatic heterocycles. The fourth-order valence-electron chi connectivity index (χ4n) is 2.80. The summed E-state index contributed by atoms with van der Waals surface area (Å²) in [6.45, 7) is 2.79. The van der Waals surface area contributed by atoms with Crippen LogP contribution in [-0.4, -0.2) is 16.5 Å². The third-order valence-electron chi connectivity index (χ3n) is 3.83. The Morgan fingerprint density at radius 3 is 1.78 bits per heavy atom. The van der Waals surface area contributed by atoms with E-state index in [1.54, 1.807) is 12.1 Å². The van der Waals surface area contributed by atoms with Gasteiger partial charge in [0.05, 0.1) is 10.8 Å². The number of hydrogen-bond acceptors (Lipinski definition) is 4. The number of non-ortho nitro benzene ring substituents is 1. The molecule has 0 radical (unpaired) electrons. The Labute approximate surface area is 134 Å². The van der Waals surface area contributed by atoms with Gasteiger partial charge in [0.15, 0.2) is 0 Å². The maximum absolute atomic E-state index is 12.0. The lowest BCUT2D eigenvalue weighted by Gasteiger charge is -2.24. The molecule has 0 aliphatic carbocycles. The lowest BCUT2D eigenvalue weighted by molar-refractivity contribution is -0.384. The summed E-state index contributed by atoms with van der Waals surface area (Å²) in [6.07, 6.45) is 0. The molecule has 0 heterocycles. The van der Waals surface area contributed by atoms with Crippen molar-refractivity contribution in [3.05, 3.63) is 75.8 Å². The average Bonchev–Trinajstić information content (AvgIpc) is 2.52. The molecule has 5 heteroatoms. The lowest BCUT2D eigenvalue weighted by atomic mass is 9.77. The second kappa shape index (κ2) is 6.96. The first-order chi connectivity index (χ1) is 10.9. The molecule has 0 N–H and O–H groups in total. The number of hydrogen-bond donors (Lipinski definition) is 0. The van der Waals surface area contributed by atoms with Gasteiger partial charge in [-0.3, -0.25) is 19.7 Å². The Balaban J connectivity index is 2.55. The van der Waals surface area contributed by atoms with E-state index in [2.05, 4.69) is 0 Å². The topological polar surface area (TPSA) is 77.3 Å². The van der Waals surface area contributed by atoms with Gasteiger partial charge in [-0.2, -0.15) is 0 Å². The zero-order valence-electron chi connectivity index (χ0n) is 12.9. The average molecular weight is 311 g/mol. The number of ketones is 2. The van der Waals surface area contributed by atoms with E-state index >= 15 is 0 Å². The SMILES string of the molecule is CC(=O)C(C(C)=O)C(c1ccccc1)c1ccc([N+](=O)[O-])cc1. The number of nitro groups is 1. The van der Waals surface area contributed by atoms with Crippen molar-refractivity contribution in [2.45, 2.75) is 19.8 Å². The minimum absolute atomic E-state index is 0.0252. The highest BCUT2D eigenvalue weighted by molar-refractivity contribution is 6.01. The van der Waals surface area contributed by atoms with Gasteiger partial charge in [-0.05, 0) is 25.0 Å². The van der Waals surface area contributed by atoms with Crippen molar-refractivity contribution in [1.29, 1.82) is 0 Å². The molecular formula is C18H17NO4. The monoisotopic (exact) mass is 311 g/mol. The third kappa shape index (κ3) is 3.69. The molecule has 23 heavy (non-hydrogen) atoms. The number of nitrogens with zero attached hydrogens (tertiary/aromatic N) is 1. The number of nitro benzene ring substituents is 1. The van der Waals surface area contributed by atoms with Crippen molar-refractivity contribution in [3.8, 4) is 0 Å². The van der Waals surface area contributed by atoms with Crippen LogP contribution in [0.15, 0.2) is 54.6 Å². The standard InChI is InChI=1S/C18H17NO4/c1-12(20)17(13(2)21)18(14-6-4-3-5-7-14)15-8-10-16(11-9-15)19(22)23/h3-11,17-18H,1-2H3. The van der Waals surface area contributed by atoms with Crippen molar-refractivity contribution in [1.82, 2.24) is 0 Å². The maximum atomic E-state index is 12.0. The number of carbonyl (C=O) groups excluding carboxylic acids is 2. The first kappa shape index (κ1) is 16.5. The van der Waals surface area contributed by atoms with Gasteiger partial charge in [0, 0.05) is 18.1 Å². The van der Waals surface area contributed by atoms with Crippen LogP contribution < -0.4 is 0 Å². The molecular weight excluding hydrogens is 294 g/mol. The molecule has 1 atom stereocenters. The van der Waals surface area contributed by atoms with Crippen LogP contribution >= 0.6 is 0 Å². The van der Waals surface area contributed by atoms with Crippen LogP contribution in [0.5, 0.6) is 0 Å². The molecule has 0 bridgehead atoms. The van der Waals surface area contributed by atoms with Crippen molar-refractivity contribution >= 4 is 17.3 Å². The predicted molar refractivity (Wildman–Crippen MR) is 86.2 cm³/mol. The Hall–Kier alpha value is -2.82. The zero-order valence-corrected chi connectivity index (χ0v) is 12.9. The predicted octanol–water partition coefficient (Wildman–Crippen LogP) is 3.52. The second-order valence-electron chi connectivity index (χ2n) is 5.44. The molecule has 0 aliphatic heterocycles. The highest BCUT2D eigenvalue weighted by Gasteiger charge is 2.32. The molecule has 5 nitrogen and oxygen atoms in total. The molecule has 0 saturated carbocycles. The Morgan fingerprint density at radius 1 is 0.870 bits per heavy atom. The van der Waals surface area contributed by atoms with Gasteiger partial charge in [0.25, 0.3) is 5.69 Å². The molecule has 118 valence electrons. The normalized spacial score (nSPS) is 12.0. The van der Waals surface area contributed by atoms with Crippen LogP contribution in [-0.2, 0) is 9.59 Å².